The Morgan fingerprint density at radius 3 is 2.35 bits per heavy atom. The predicted octanol–water partition coefficient (Wildman–Crippen LogP) is 2.78. The van der Waals surface area contributed by atoms with E-state index in [1.54, 1.807) is 0 Å². The Morgan fingerprint density at radius 2 is 1.76 bits per heavy atom. The van der Waals surface area contributed by atoms with E-state index in [0.717, 1.165) is 19.3 Å². The van der Waals surface area contributed by atoms with Crippen molar-refractivity contribution < 1.29 is 9.90 Å². The molecule has 1 unspecified atom stereocenters. The van der Waals surface area contributed by atoms with Gasteiger partial charge in [-0.1, -0.05) is 44.8 Å². The molecule has 1 amide bonds. The number of carbonyl (C=O) groups is 1. The van der Waals surface area contributed by atoms with Crippen LogP contribution in [0.3, 0.4) is 0 Å². The van der Waals surface area contributed by atoms with E-state index < -0.39 is 0 Å². The van der Waals surface area contributed by atoms with E-state index in [4.69, 9.17) is 10.8 Å². The van der Waals surface area contributed by atoms with Gasteiger partial charge in [0.2, 0.25) is 5.91 Å². The third-order valence-electron chi connectivity index (χ3n) is 2.80. The van der Waals surface area contributed by atoms with Gasteiger partial charge in [-0.3, -0.25) is 4.79 Å². The fourth-order valence-electron chi connectivity index (χ4n) is 1.66. The standard InChI is InChI=1S/C14H27NO2/c1-13(12-16)10-8-6-4-2-3-5-7-9-11-14(15)17/h8,10,13,16H,2-7,9,11-12H2,1H3,(H2,15,17). The van der Waals surface area contributed by atoms with Crippen molar-refractivity contribution in [3.05, 3.63) is 12.2 Å². The molecule has 0 radical (unpaired) electrons. The van der Waals surface area contributed by atoms with Crippen LogP contribution in [-0.2, 0) is 4.79 Å². The summed E-state index contributed by atoms with van der Waals surface area (Å²) >= 11 is 0. The fourth-order valence-corrected chi connectivity index (χ4v) is 1.66. The van der Waals surface area contributed by atoms with Crippen molar-refractivity contribution in [2.75, 3.05) is 6.61 Å². The van der Waals surface area contributed by atoms with E-state index in [1.165, 1.54) is 25.7 Å². The second-order valence-electron chi connectivity index (χ2n) is 4.71. The average molecular weight is 241 g/mol. The molecule has 3 N–H and O–H groups in total. The molecule has 0 saturated carbocycles. The first kappa shape index (κ1) is 16.2. The van der Waals surface area contributed by atoms with Crippen LogP contribution in [0.15, 0.2) is 12.2 Å². The number of hydrogen-bond donors (Lipinski definition) is 2. The van der Waals surface area contributed by atoms with Gasteiger partial charge >= 0.3 is 0 Å². The van der Waals surface area contributed by atoms with Gasteiger partial charge in [-0.2, -0.15) is 0 Å². The van der Waals surface area contributed by atoms with Crippen LogP contribution in [0, 0.1) is 5.92 Å². The highest BCUT2D eigenvalue weighted by atomic mass is 16.3. The molecule has 3 nitrogen and oxygen atoms in total. The van der Waals surface area contributed by atoms with Gasteiger partial charge in [0.05, 0.1) is 0 Å². The summed E-state index contributed by atoms with van der Waals surface area (Å²) in [6.07, 6.45) is 12.8. The van der Waals surface area contributed by atoms with Gasteiger partial charge in [0, 0.05) is 13.0 Å². The first-order valence-corrected chi connectivity index (χ1v) is 6.72. The molecule has 0 aromatic carbocycles. The lowest BCUT2D eigenvalue weighted by atomic mass is 10.1. The smallest absolute Gasteiger partial charge is 0.217 e. The first-order chi connectivity index (χ1) is 8.16. The maximum absolute atomic E-state index is 10.5. The molecule has 1 atom stereocenters. The number of nitrogens with two attached hydrogens (primary N) is 1. The molecule has 0 fully saturated rings. The lowest BCUT2D eigenvalue weighted by Crippen LogP contribution is -2.09. The summed E-state index contributed by atoms with van der Waals surface area (Å²) in [6.45, 7) is 2.24. The van der Waals surface area contributed by atoms with Gasteiger partial charge in [0.1, 0.15) is 0 Å². The lowest BCUT2D eigenvalue weighted by Gasteiger charge is -2.00. The maximum Gasteiger partial charge on any atom is 0.217 e. The Morgan fingerprint density at radius 1 is 1.18 bits per heavy atom. The Labute approximate surface area is 105 Å². The minimum absolute atomic E-state index is 0.187. The Balaban J connectivity index is 3.13. The number of primary amides is 1. The van der Waals surface area contributed by atoms with Crippen molar-refractivity contribution in [3.63, 3.8) is 0 Å². The number of hydrogen-bond acceptors (Lipinski definition) is 2. The Bertz CT molecular complexity index is 214. The highest BCUT2D eigenvalue weighted by Crippen LogP contribution is 2.09. The zero-order valence-corrected chi connectivity index (χ0v) is 11.0. The molecule has 0 aromatic rings. The first-order valence-electron chi connectivity index (χ1n) is 6.72. The van der Waals surface area contributed by atoms with Gasteiger partial charge in [0.25, 0.3) is 0 Å². The molecule has 17 heavy (non-hydrogen) atoms. The number of amides is 1. The second-order valence-corrected chi connectivity index (χ2v) is 4.71. The van der Waals surface area contributed by atoms with Crippen molar-refractivity contribution in [2.45, 2.75) is 58.3 Å². The maximum atomic E-state index is 10.5. The summed E-state index contributed by atoms with van der Waals surface area (Å²) in [4.78, 5) is 10.5. The molecule has 0 aromatic heterocycles. The van der Waals surface area contributed by atoms with E-state index in [1.807, 2.05) is 6.92 Å². The number of rotatable bonds is 11. The van der Waals surface area contributed by atoms with E-state index in [0.29, 0.717) is 6.42 Å². The van der Waals surface area contributed by atoms with E-state index >= 15 is 0 Å². The predicted molar refractivity (Wildman–Crippen MR) is 71.5 cm³/mol. The SMILES string of the molecule is CC(C=CCCCCCCCCC(N)=O)CO. The monoisotopic (exact) mass is 241 g/mol. The lowest BCUT2D eigenvalue weighted by molar-refractivity contribution is -0.118. The minimum Gasteiger partial charge on any atom is -0.396 e. The number of aliphatic hydroxyl groups is 1. The minimum atomic E-state index is -0.187. The van der Waals surface area contributed by atoms with Gasteiger partial charge in [-0.05, 0) is 25.2 Å². The number of carbonyl (C=O) groups excluding carboxylic acids is 1. The van der Waals surface area contributed by atoms with Crippen molar-refractivity contribution in [1.82, 2.24) is 0 Å². The number of allylic oxidation sites excluding steroid dienone is 1. The Kier molecular flexibility index (Phi) is 11.1. The summed E-state index contributed by atoms with van der Waals surface area (Å²) in [6, 6.07) is 0. The zero-order valence-electron chi connectivity index (χ0n) is 11.0. The molecule has 0 heterocycles. The van der Waals surface area contributed by atoms with Crippen LogP contribution in [0.2, 0.25) is 0 Å². The van der Waals surface area contributed by atoms with Gasteiger partial charge in [0.15, 0.2) is 0 Å². The summed E-state index contributed by atoms with van der Waals surface area (Å²) in [5, 5.41) is 8.81. The quantitative estimate of drug-likeness (QED) is 0.431. The fraction of sp³-hybridized carbons (Fsp3) is 0.786. The molecule has 0 bridgehead atoms. The topological polar surface area (TPSA) is 63.3 Å². The molecule has 0 spiro atoms. The van der Waals surface area contributed by atoms with E-state index in [-0.39, 0.29) is 18.4 Å². The number of aliphatic hydroxyl groups excluding tert-OH is 1. The van der Waals surface area contributed by atoms with Crippen LogP contribution in [0.1, 0.15) is 58.3 Å². The summed E-state index contributed by atoms with van der Waals surface area (Å²) in [5.74, 6) is 0.0944. The van der Waals surface area contributed by atoms with E-state index in [2.05, 4.69) is 12.2 Å². The second kappa shape index (κ2) is 11.6. The normalized spacial score (nSPS) is 13.1. The van der Waals surface area contributed by atoms with Crippen molar-refractivity contribution in [2.24, 2.45) is 11.7 Å². The van der Waals surface area contributed by atoms with Crippen molar-refractivity contribution >= 4 is 5.91 Å². The molecular weight excluding hydrogens is 214 g/mol. The van der Waals surface area contributed by atoms with E-state index in [9.17, 15) is 4.79 Å². The van der Waals surface area contributed by atoms with Crippen LogP contribution in [0.25, 0.3) is 0 Å². The van der Waals surface area contributed by atoms with Crippen LogP contribution in [0.5, 0.6) is 0 Å². The van der Waals surface area contributed by atoms with Crippen LogP contribution >= 0.6 is 0 Å². The molecule has 0 saturated heterocycles. The van der Waals surface area contributed by atoms with Crippen LogP contribution in [-0.4, -0.2) is 17.6 Å². The van der Waals surface area contributed by atoms with Crippen LogP contribution < -0.4 is 5.73 Å². The molecule has 0 rings (SSSR count). The Hall–Kier alpha value is -0.830. The molecule has 100 valence electrons. The van der Waals surface area contributed by atoms with Gasteiger partial charge < -0.3 is 10.8 Å². The average Bonchev–Trinajstić information content (AvgIpc) is 2.30. The summed E-state index contributed by atoms with van der Waals surface area (Å²) in [5.41, 5.74) is 5.06. The number of unbranched alkanes of at least 4 members (excludes halogenated alkanes) is 6. The van der Waals surface area contributed by atoms with Crippen molar-refractivity contribution in [1.29, 1.82) is 0 Å². The van der Waals surface area contributed by atoms with Gasteiger partial charge in [-0.15, -0.1) is 0 Å². The van der Waals surface area contributed by atoms with Crippen LogP contribution in [0.4, 0.5) is 0 Å². The molecule has 0 aliphatic rings. The highest BCUT2D eigenvalue weighted by Gasteiger charge is 1.95. The largest absolute Gasteiger partial charge is 0.396 e. The third-order valence-corrected chi connectivity index (χ3v) is 2.80. The molecule has 3 heteroatoms. The zero-order chi connectivity index (χ0) is 12.9. The molecule has 0 aliphatic carbocycles. The molecule has 0 aliphatic heterocycles. The summed E-state index contributed by atoms with van der Waals surface area (Å²) < 4.78 is 0. The highest BCUT2D eigenvalue weighted by molar-refractivity contribution is 5.73. The molecular formula is C14H27NO2. The third kappa shape index (κ3) is 13.1. The van der Waals surface area contributed by atoms with Crippen molar-refractivity contribution in [3.8, 4) is 0 Å². The van der Waals surface area contributed by atoms with Gasteiger partial charge in [-0.25, -0.2) is 0 Å². The summed E-state index contributed by atoms with van der Waals surface area (Å²) in [7, 11) is 0.